The molecule has 5 atom stereocenters. The normalized spacial score (nSPS) is 20.6. The Kier molecular flexibility index (Phi) is 12.4. The summed E-state index contributed by atoms with van der Waals surface area (Å²) >= 11 is 0. The van der Waals surface area contributed by atoms with Crippen molar-refractivity contribution in [3.05, 3.63) is 0 Å². The number of nitrogens with one attached hydrogen (secondary N) is 1. The summed E-state index contributed by atoms with van der Waals surface area (Å²) in [5, 5.41) is 30.4. The predicted octanol–water partition coefficient (Wildman–Crippen LogP) is 3.99. The number of ether oxygens (including phenoxy) is 2. The molecule has 0 bridgehead atoms. The van der Waals surface area contributed by atoms with Crippen molar-refractivity contribution in [3.8, 4) is 12.1 Å². The van der Waals surface area contributed by atoms with Crippen LogP contribution in [0.5, 0.6) is 0 Å². The molecular formula is C29H46N6O6. The molecule has 5 unspecified atom stereocenters. The average molecular weight is 575 g/mol. The van der Waals surface area contributed by atoms with Gasteiger partial charge >= 0.3 is 11.9 Å². The third-order valence-corrected chi connectivity index (χ3v) is 7.33. The first-order valence-corrected chi connectivity index (χ1v) is 14.0. The van der Waals surface area contributed by atoms with Crippen LogP contribution in [0.15, 0.2) is 10.2 Å². The zero-order valence-electron chi connectivity index (χ0n) is 25.9. The molecule has 1 aliphatic heterocycles. The Morgan fingerprint density at radius 2 is 1.39 bits per heavy atom. The van der Waals surface area contributed by atoms with Gasteiger partial charge in [0.1, 0.15) is 11.2 Å². The molecule has 12 nitrogen and oxygen atoms in total. The summed E-state index contributed by atoms with van der Waals surface area (Å²) in [4.78, 5) is 48.7. The fourth-order valence-corrected chi connectivity index (χ4v) is 4.47. The summed E-state index contributed by atoms with van der Waals surface area (Å²) in [7, 11) is 0. The molecule has 0 aromatic heterocycles. The number of esters is 2. The Balaban J connectivity index is 2.70. The van der Waals surface area contributed by atoms with Crippen molar-refractivity contribution in [2.45, 2.75) is 141 Å². The molecule has 1 rings (SSSR count). The van der Waals surface area contributed by atoms with Crippen molar-refractivity contribution < 1.29 is 28.7 Å². The Labute approximate surface area is 243 Å². The number of nitriles is 2. The Morgan fingerprint density at radius 1 is 0.927 bits per heavy atom. The van der Waals surface area contributed by atoms with Crippen LogP contribution in [0.4, 0.5) is 0 Å². The molecule has 2 amide bonds. The first-order valence-electron chi connectivity index (χ1n) is 14.0. The van der Waals surface area contributed by atoms with Crippen molar-refractivity contribution in [2.24, 2.45) is 16.1 Å². The molecule has 0 aromatic rings. The molecule has 0 aromatic carbocycles. The van der Waals surface area contributed by atoms with Crippen LogP contribution in [-0.4, -0.2) is 70.1 Å². The predicted molar refractivity (Wildman–Crippen MR) is 150 cm³/mol. The molecule has 1 aliphatic rings. The van der Waals surface area contributed by atoms with E-state index in [1.54, 1.807) is 32.6 Å². The molecule has 0 spiro atoms. The van der Waals surface area contributed by atoms with Gasteiger partial charge in [-0.1, -0.05) is 13.8 Å². The molecule has 0 saturated carbocycles. The van der Waals surface area contributed by atoms with Gasteiger partial charge < -0.3 is 19.7 Å². The first kappa shape index (κ1) is 35.5. The topological polar surface area (TPSA) is 174 Å². The van der Waals surface area contributed by atoms with E-state index in [2.05, 4.69) is 15.5 Å². The first-order chi connectivity index (χ1) is 18.9. The second-order valence-electron chi connectivity index (χ2n) is 12.8. The highest BCUT2D eigenvalue weighted by Gasteiger charge is 2.46. The summed E-state index contributed by atoms with van der Waals surface area (Å²) in [5.74, 6) is -0.885. The minimum absolute atomic E-state index is 0.0112. The quantitative estimate of drug-likeness (QED) is 0.111. The van der Waals surface area contributed by atoms with Gasteiger partial charge in [-0.15, -0.1) is 0 Å². The minimum atomic E-state index is -1.39. The largest absolute Gasteiger partial charge is 0.460 e. The number of nitrogens with zero attached hydrogens (tertiary/aromatic N) is 5. The van der Waals surface area contributed by atoms with Gasteiger partial charge in [-0.25, -0.2) is 0 Å². The maximum atomic E-state index is 12.6. The van der Waals surface area contributed by atoms with Gasteiger partial charge in [0.15, 0.2) is 11.1 Å². The molecule has 1 fully saturated rings. The smallest absolute Gasteiger partial charge is 0.306 e. The van der Waals surface area contributed by atoms with Crippen LogP contribution in [0.1, 0.15) is 101 Å². The highest BCUT2D eigenvalue weighted by atomic mass is 16.6. The second-order valence-corrected chi connectivity index (χ2v) is 12.8. The van der Waals surface area contributed by atoms with Crippen LogP contribution in [-0.2, 0) is 28.7 Å². The third-order valence-electron chi connectivity index (χ3n) is 7.33. The number of rotatable bonds is 18. The molecule has 1 heterocycles. The van der Waals surface area contributed by atoms with Gasteiger partial charge in [-0.2, -0.15) is 20.8 Å². The lowest BCUT2D eigenvalue weighted by atomic mass is 9.91. The zero-order chi connectivity index (χ0) is 31.6. The van der Waals surface area contributed by atoms with Gasteiger partial charge in [0.25, 0.3) is 0 Å². The van der Waals surface area contributed by atoms with Crippen LogP contribution in [0.3, 0.4) is 0 Å². The summed E-state index contributed by atoms with van der Waals surface area (Å²) in [6.45, 7) is 15.9. The Hall–Kier alpha value is -3.54. The van der Waals surface area contributed by atoms with E-state index in [-0.39, 0.29) is 49.7 Å². The highest BCUT2D eigenvalue weighted by molar-refractivity contribution is 5.70. The van der Waals surface area contributed by atoms with Crippen LogP contribution in [0.2, 0.25) is 0 Å². The molecule has 228 valence electrons. The van der Waals surface area contributed by atoms with E-state index in [0.717, 1.165) is 6.41 Å². The van der Waals surface area contributed by atoms with Crippen LogP contribution >= 0.6 is 0 Å². The maximum absolute atomic E-state index is 12.6. The van der Waals surface area contributed by atoms with Crippen LogP contribution in [0.25, 0.3) is 0 Å². The van der Waals surface area contributed by atoms with E-state index in [9.17, 15) is 29.7 Å². The minimum Gasteiger partial charge on any atom is -0.460 e. The lowest BCUT2D eigenvalue weighted by Crippen LogP contribution is -2.41. The van der Waals surface area contributed by atoms with Crippen LogP contribution < -0.4 is 5.32 Å². The second kappa shape index (κ2) is 14.4. The monoisotopic (exact) mass is 574 g/mol. The number of hydrogen-bond acceptors (Lipinski definition) is 10. The number of carbonyl (C=O) groups is 4. The lowest BCUT2D eigenvalue weighted by molar-refractivity contribution is -0.159. The summed E-state index contributed by atoms with van der Waals surface area (Å²) < 4.78 is 11.2. The third kappa shape index (κ3) is 11.8. The number of amides is 2. The van der Waals surface area contributed by atoms with Gasteiger partial charge in [-0.3, -0.25) is 19.2 Å². The maximum Gasteiger partial charge on any atom is 0.306 e. The van der Waals surface area contributed by atoms with Gasteiger partial charge in [0.05, 0.1) is 18.2 Å². The summed E-state index contributed by atoms with van der Waals surface area (Å²) in [5.41, 5.74) is -4.42. The van der Waals surface area contributed by atoms with E-state index in [0.29, 0.717) is 19.3 Å². The molecule has 0 radical (unpaired) electrons. The van der Waals surface area contributed by atoms with E-state index in [4.69, 9.17) is 9.47 Å². The summed E-state index contributed by atoms with van der Waals surface area (Å²) in [6.07, 6.45) is 2.17. The molecule has 1 saturated heterocycles. The zero-order valence-corrected chi connectivity index (χ0v) is 25.9. The molecule has 12 heteroatoms. The lowest BCUT2D eigenvalue weighted by Gasteiger charge is -2.31. The number of hydrogen-bond donors (Lipinski definition) is 1. The Morgan fingerprint density at radius 3 is 1.76 bits per heavy atom. The Bertz CT molecular complexity index is 1060. The van der Waals surface area contributed by atoms with E-state index < -0.39 is 34.2 Å². The molecule has 41 heavy (non-hydrogen) atoms. The fourth-order valence-electron chi connectivity index (χ4n) is 4.47. The fraction of sp³-hybridized carbons (Fsp3) is 0.793. The van der Waals surface area contributed by atoms with Crippen molar-refractivity contribution >= 4 is 24.8 Å². The van der Waals surface area contributed by atoms with E-state index in [1.807, 2.05) is 32.9 Å². The highest BCUT2D eigenvalue weighted by Crippen LogP contribution is 2.34. The van der Waals surface area contributed by atoms with Crippen LogP contribution in [0, 0.1) is 28.6 Å². The van der Waals surface area contributed by atoms with Gasteiger partial charge in [-0.05, 0) is 67.2 Å². The van der Waals surface area contributed by atoms with E-state index >= 15 is 0 Å². The number of carbonyl (C=O) groups excluding carboxylic acids is 4. The summed E-state index contributed by atoms with van der Waals surface area (Å²) in [6, 6.07) is 4.05. The van der Waals surface area contributed by atoms with Crippen molar-refractivity contribution in [1.29, 1.82) is 10.5 Å². The molecular weight excluding hydrogens is 528 g/mol. The van der Waals surface area contributed by atoms with Gasteiger partial charge in [0, 0.05) is 37.8 Å². The number of azo groups is 1. The molecule has 1 N–H and O–H groups in total. The van der Waals surface area contributed by atoms with E-state index in [1.165, 1.54) is 13.8 Å². The van der Waals surface area contributed by atoms with Crippen molar-refractivity contribution in [3.63, 3.8) is 0 Å². The van der Waals surface area contributed by atoms with Crippen molar-refractivity contribution in [2.75, 3.05) is 0 Å². The SMILES string of the molecule is CC(C)C(CC(C)(C)OC(=O)CCC(C)(C#N)/N=N/C(C)(C#N)CCC(=O)OC(C)(C)CC1C(C)N1C=O)NC=O. The van der Waals surface area contributed by atoms with Crippen molar-refractivity contribution in [1.82, 2.24) is 10.2 Å². The van der Waals surface area contributed by atoms with Gasteiger partial charge in [0.2, 0.25) is 12.8 Å². The standard InChI is InChI=1S/C29H46N6O6/c1-20(2)22(32-18-36)14-26(4,5)40-24(38)10-12-28(8,16-30)33-34-29(9,17-31)13-11-25(39)41-27(6,7)15-23-21(3)35(23)19-37/h18-23H,10-15H2,1-9H3,(H,32,36)/b34-33+. The molecule has 0 aliphatic carbocycles. The average Bonchev–Trinajstić information content (AvgIpc) is 3.49.